The van der Waals surface area contributed by atoms with Gasteiger partial charge in [0.15, 0.2) is 0 Å². The van der Waals surface area contributed by atoms with Crippen LogP contribution < -0.4 is 15.5 Å². The van der Waals surface area contributed by atoms with Gasteiger partial charge in [-0.05, 0) is 24.6 Å². The van der Waals surface area contributed by atoms with Crippen LogP contribution in [0.25, 0.3) is 0 Å². The molecule has 0 aliphatic carbocycles. The maximum atomic E-state index is 13.2. The third-order valence-electron chi connectivity index (χ3n) is 4.63. The van der Waals surface area contributed by atoms with Gasteiger partial charge in [0.25, 0.3) is 0 Å². The topological polar surface area (TPSA) is 116 Å². The van der Waals surface area contributed by atoms with E-state index in [0.29, 0.717) is 17.5 Å². The number of carbonyl (C=O) groups is 1. The lowest BCUT2D eigenvalue weighted by Crippen LogP contribution is -2.27. The Bertz CT molecular complexity index is 1030. The zero-order chi connectivity index (χ0) is 21.1. The minimum absolute atomic E-state index is 0.0473. The second-order valence-corrected chi connectivity index (χ2v) is 6.93. The first-order chi connectivity index (χ1) is 14.5. The van der Waals surface area contributed by atoms with Crippen LogP contribution in [0.5, 0.6) is 0 Å². The summed E-state index contributed by atoms with van der Waals surface area (Å²) in [5.41, 5.74) is 0.849. The summed E-state index contributed by atoms with van der Waals surface area (Å²) >= 11 is 0. The molecule has 1 aromatic carbocycles. The van der Waals surface area contributed by atoms with E-state index in [4.69, 9.17) is 0 Å². The fraction of sp³-hybridized carbons (Fsp3) is 0.250. The lowest BCUT2D eigenvalue weighted by molar-refractivity contribution is -0.117. The average molecular weight is 409 g/mol. The van der Waals surface area contributed by atoms with Crippen molar-refractivity contribution >= 4 is 29.3 Å². The number of aromatic nitrogens is 4. The zero-order valence-electron chi connectivity index (χ0n) is 16.2. The van der Waals surface area contributed by atoms with Gasteiger partial charge in [0.05, 0.1) is 31.3 Å². The van der Waals surface area contributed by atoms with E-state index in [1.54, 1.807) is 36.8 Å². The van der Waals surface area contributed by atoms with Crippen molar-refractivity contribution in [2.75, 3.05) is 22.1 Å². The van der Waals surface area contributed by atoms with Gasteiger partial charge < -0.3 is 15.7 Å². The molecule has 4 rings (SSSR count). The summed E-state index contributed by atoms with van der Waals surface area (Å²) in [6, 6.07) is 7.52. The van der Waals surface area contributed by atoms with Crippen LogP contribution in [0.2, 0.25) is 0 Å². The van der Waals surface area contributed by atoms with Crippen LogP contribution in [0.1, 0.15) is 24.9 Å². The number of nitrogens with zero attached hydrogens (tertiary/aromatic N) is 5. The van der Waals surface area contributed by atoms with Gasteiger partial charge in [0.1, 0.15) is 23.3 Å². The number of halogens is 1. The lowest BCUT2D eigenvalue weighted by Gasteiger charge is -2.19. The Hall–Kier alpha value is -3.66. The molecule has 3 N–H and O–H groups in total. The number of aliphatic hydroxyl groups is 1. The van der Waals surface area contributed by atoms with Crippen molar-refractivity contribution in [2.45, 2.75) is 25.5 Å². The normalized spacial score (nSPS) is 17.1. The van der Waals surface area contributed by atoms with Crippen molar-refractivity contribution in [3.8, 4) is 0 Å². The molecule has 3 heterocycles. The number of carbonyl (C=O) groups excluding carboxylic acids is 1. The molecule has 2 aromatic heterocycles. The molecule has 1 unspecified atom stereocenters. The summed E-state index contributed by atoms with van der Waals surface area (Å²) in [7, 11) is 0. The van der Waals surface area contributed by atoms with Crippen molar-refractivity contribution in [2.24, 2.45) is 0 Å². The summed E-state index contributed by atoms with van der Waals surface area (Å²) < 4.78 is 13.2. The SMILES string of the molecule is CC(Nc1nc(Nc2cnccn2)cc(N2C[C@H](O)CC2=O)n1)c1ccc(F)cc1. The second-order valence-electron chi connectivity index (χ2n) is 6.93. The highest BCUT2D eigenvalue weighted by molar-refractivity contribution is 5.95. The maximum Gasteiger partial charge on any atom is 0.230 e. The molecule has 1 aliphatic heterocycles. The van der Waals surface area contributed by atoms with E-state index in [1.165, 1.54) is 17.0 Å². The van der Waals surface area contributed by atoms with E-state index >= 15 is 0 Å². The van der Waals surface area contributed by atoms with E-state index in [2.05, 4.69) is 30.6 Å². The first-order valence-corrected chi connectivity index (χ1v) is 9.40. The fourth-order valence-corrected chi connectivity index (χ4v) is 3.13. The van der Waals surface area contributed by atoms with Crippen LogP contribution in [0.15, 0.2) is 48.9 Å². The summed E-state index contributed by atoms with van der Waals surface area (Å²) in [6.45, 7) is 2.05. The third-order valence-corrected chi connectivity index (χ3v) is 4.63. The van der Waals surface area contributed by atoms with Gasteiger partial charge in [-0.3, -0.25) is 14.7 Å². The van der Waals surface area contributed by atoms with Crippen LogP contribution in [0.3, 0.4) is 0 Å². The molecule has 0 bridgehead atoms. The minimum Gasteiger partial charge on any atom is -0.391 e. The van der Waals surface area contributed by atoms with Crippen LogP contribution in [-0.4, -0.2) is 43.6 Å². The second kappa shape index (κ2) is 8.37. The van der Waals surface area contributed by atoms with E-state index in [1.807, 2.05) is 6.92 Å². The molecule has 10 heteroatoms. The molecule has 1 amide bonds. The van der Waals surface area contributed by atoms with E-state index < -0.39 is 6.10 Å². The largest absolute Gasteiger partial charge is 0.391 e. The molecule has 1 saturated heterocycles. The predicted octanol–water partition coefficient (Wildman–Crippen LogP) is 2.42. The highest BCUT2D eigenvalue weighted by Crippen LogP contribution is 2.26. The van der Waals surface area contributed by atoms with E-state index in [0.717, 1.165) is 5.56 Å². The number of nitrogens with one attached hydrogen (secondary N) is 2. The fourth-order valence-electron chi connectivity index (χ4n) is 3.13. The van der Waals surface area contributed by atoms with Crippen molar-refractivity contribution in [3.63, 3.8) is 0 Å². The van der Waals surface area contributed by atoms with Gasteiger partial charge in [0, 0.05) is 18.5 Å². The number of benzene rings is 1. The first-order valence-electron chi connectivity index (χ1n) is 9.40. The summed E-state index contributed by atoms with van der Waals surface area (Å²) in [4.78, 5) is 30.7. The molecule has 0 spiro atoms. The minimum atomic E-state index is -0.738. The van der Waals surface area contributed by atoms with Gasteiger partial charge in [-0.1, -0.05) is 12.1 Å². The first kappa shape index (κ1) is 19.6. The Morgan fingerprint density at radius 3 is 2.67 bits per heavy atom. The molecule has 1 fully saturated rings. The predicted molar refractivity (Wildman–Crippen MR) is 109 cm³/mol. The van der Waals surface area contributed by atoms with Crippen molar-refractivity contribution < 1.29 is 14.3 Å². The third kappa shape index (κ3) is 4.49. The number of hydrogen-bond acceptors (Lipinski definition) is 8. The number of amides is 1. The molecule has 30 heavy (non-hydrogen) atoms. The molecule has 2 atom stereocenters. The lowest BCUT2D eigenvalue weighted by atomic mass is 10.1. The number of anilines is 4. The van der Waals surface area contributed by atoms with Crippen LogP contribution >= 0.6 is 0 Å². The summed E-state index contributed by atoms with van der Waals surface area (Å²) in [5.74, 6) is 0.975. The van der Waals surface area contributed by atoms with Crippen molar-refractivity contribution in [1.29, 1.82) is 0 Å². The van der Waals surface area contributed by atoms with E-state index in [9.17, 15) is 14.3 Å². The molecule has 0 radical (unpaired) electrons. The summed E-state index contributed by atoms with van der Waals surface area (Å²) in [6.07, 6.45) is 3.95. The molecular formula is C20H20FN7O2. The monoisotopic (exact) mass is 409 g/mol. The van der Waals surface area contributed by atoms with E-state index in [-0.39, 0.29) is 36.7 Å². The summed E-state index contributed by atoms with van der Waals surface area (Å²) in [5, 5.41) is 16.0. The molecule has 1 aliphatic rings. The Labute approximate surface area is 172 Å². The quantitative estimate of drug-likeness (QED) is 0.568. The van der Waals surface area contributed by atoms with Gasteiger partial charge in [0.2, 0.25) is 11.9 Å². The average Bonchev–Trinajstić information content (AvgIpc) is 3.07. The Morgan fingerprint density at radius 2 is 2.00 bits per heavy atom. The molecule has 9 nitrogen and oxygen atoms in total. The highest BCUT2D eigenvalue weighted by atomic mass is 19.1. The van der Waals surface area contributed by atoms with Crippen LogP contribution in [0, 0.1) is 5.82 Å². The standard InChI is InChI=1S/C20H20FN7O2/c1-12(13-2-4-14(21)5-3-13)24-20-26-16(25-17-10-22-6-7-23-17)9-18(27-20)28-11-15(29)8-19(28)30/h2-7,9-10,12,15,29H,8,11H2,1H3,(H2,23,24,25,26,27)/t12?,15-/m1/s1. The van der Waals surface area contributed by atoms with Crippen LogP contribution in [-0.2, 0) is 4.79 Å². The Kier molecular flexibility index (Phi) is 5.48. The smallest absolute Gasteiger partial charge is 0.230 e. The van der Waals surface area contributed by atoms with Gasteiger partial charge in [-0.2, -0.15) is 9.97 Å². The number of aliphatic hydroxyl groups excluding tert-OH is 1. The van der Waals surface area contributed by atoms with Crippen LogP contribution in [0.4, 0.5) is 27.8 Å². The Morgan fingerprint density at radius 1 is 1.20 bits per heavy atom. The van der Waals surface area contributed by atoms with Gasteiger partial charge in [-0.25, -0.2) is 9.37 Å². The Balaban J connectivity index is 1.64. The number of β-amino-alcohol motifs (C(OH)–C–C–N with tert-alkyl or cyclic N) is 1. The van der Waals surface area contributed by atoms with Gasteiger partial charge >= 0.3 is 0 Å². The van der Waals surface area contributed by atoms with Crippen molar-refractivity contribution in [1.82, 2.24) is 19.9 Å². The molecular weight excluding hydrogens is 389 g/mol. The number of rotatable bonds is 6. The molecule has 3 aromatic rings. The maximum absolute atomic E-state index is 13.2. The molecule has 0 saturated carbocycles. The number of hydrogen-bond donors (Lipinski definition) is 3. The van der Waals surface area contributed by atoms with Gasteiger partial charge in [-0.15, -0.1) is 0 Å². The van der Waals surface area contributed by atoms with Crippen molar-refractivity contribution in [3.05, 3.63) is 60.3 Å². The highest BCUT2D eigenvalue weighted by Gasteiger charge is 2.30. The molecule has 154 valence electrons. The zero-order valence-corrected chi connectivity index (χ0v) is 16.2.